The first kappa shape index (κ1) is 14.9. The molecule has 0 spiro atoms. The van der Waals surface area contributed by atoms with Gasteiger partial charge in [0.15, 0.2) is 0 Å². The van der Waals surface area contributed by atoms with Crippen LogP contribution < -0.4 is 0 Å². The van der Waals surface area contributed by atoms with Gasteiger partial charge in [-0.2, -0.15) is 0 Å². The van der Waals surface area contributed by atoms with Gasteiger partial charge < -0.3 is 0 Å². The second-order valence-corrected chi connectivity index (χ2v) is 5.50. The first-order chi connectivity index (χ1) is 7.10. The summed E-state index contributed by atoms with van der Waals surface area (Å²) < 4.78 is 0. The lowest BCUT2D eigenvalue weighted by molar-refractivity contribution is 0.0583. The van der Waals surface area contributed by atoms with E-state index in [1.54, 1.807) is 0 Å². The highest BCUT2D eigenvalue weighted by molar-refractivity contribution is 6.21. The van der Waals surface area contributed by atoms with E-state index in [9.17, 15) is 0 Å². The Hall–Kier alpha value is -0.123. The zero-order valence-corrected chi connectivity index (χ0v) is 13.2. The molecule has 0 aliphatic heterocycles. The summed E-state index contributed by atoms with van der Waals surface area (Å²) in [4.78, 5) is 5.08. The summed E-state index contributed by atoms with van der Waals surface area (Å²) in [5.74, 6) is 0. The summed E-state index contributed by atoms with van der Waals surface area (Å²) in [5, 5.41) is 1.42. The Balaban J connectivity index is 4.59. The molecule has 0 atom stereocenters. The molecule has 90 valence electrons. The monoisotopic (exact) mass is 228 g/mol. The maximum Gasteiger partial charge on any atom is 0.0655 e. The van der Waals surface area contributed by atoms with Crippen LogP contribution in [-0.4, -0.2) is 52.4 Å². The minimum atomic E-state index is 0.569. The van der Waals surface area contributed by atoms with Crippen LogP contribution >= 0.6 is 0 Å². The van der Waals surface area contributed by atoms with E-state index in [1.807, 2.05) is 0 Å². The van der Waals surface area contributed by atoms with Crippen molar-refractivity contribution in [3.05, 3.63) is 11.8 Å². The predicted molar refractivity (Wildman–Crippen MR) is 73.3 cm³/mol. The van der Waals surface area contributed by atoms with E-state index in [0.717, 1.165) is 42.8 Å². The van der Waals surface area contributed by atoms with Crippen molar-refractivity contribution >= 4 is 10.2 Å². The van der Waals surface area contributed by atoms with Crippen molar-refractivity contribution in [3.8, 4) is 0 Å². The molecule has 0 aromatic rings. The molecule has 0 fully saturated rings. The molecule has 2 nitrogen and oxygen atoms in total. The van der Waals surface area contributed by atoms with Gasteiger partial charge in [0, 0.05) is 10.2 Å². The Morgan fingerprint density at radius 2 is 1.33 bits per heavy atom. The van der Waals surface area contributed by atoms with Crippen LogP contribution in [0.5, 0.6) is 0 Å². The number of hydrogen-bond donors (Lipinski definition) is 0. The molecule has 0 rings (SSSR count). The van der Waals surface area contributed by atoms with E-state index in [4.69, 9.17) is 0 Å². The van der Waals surface area contributed by atoms with Crippen molar-refractivity contribution in [3.63, 3.8) is 0 Å². The van der Waals surface area contributed by atoms with Crippen molar-refractivity contribution < 1.29 is 0 Å². The van der Waals surface area contributed by atoms with Crippen LogP contribution in [0.4, 0.5) is 0 Å². The van der Waals surface area contributed by atoms with Gasteiger partial charge in [-0.15, -0.1) is 6.58 Å². The van der Waals surface area contributed by atoms with E-state index in [2.05, 4.69) is 44.1 Å². The lowest BCUT2D eigenvalue weighted by atomic mass is 10.2. The van der Waals surface area contributed by atoms with Crippen LogP contribution in [0.2, 0.25) is 0 Å². The van der Waals surface area contributed by atoms with Gasteiger partial charge in [0.25, 0.3) is 0 Å². The van der Waals surface area contributed by atoms with Gasteiger partial charge >= 0.3 is 0 Å². The van der Waals surface area contributed by atoms with E-state index in [1.165, 1.54) is 5.20 Å². The molecule has 0 N–H and O–H groups in total. The van der Waals surface area contributed by atoms with Crippen molar-refractivity contribution in [2.75, 3.05) is 26.2 Å². The quantitative estimate of drug-likeness (QED) is 0.456. The predicted octanol–water partition coefficient (Wildman–Crippen LogP) is 1.27. The Labute approximate surface area is 98.8 Å². The third-order valence-electron chi connectivity index (χ3n) is 3.00. The van der Waals surface area contributed by atoms with Crippen LogP contribution in [-0.2, 0) is 0 Å². The highest BCUT2D eigenvalue weighted by atomic mass is 28.1. The Morgan fingerprint density at radius 1 is 1.00 bits per heavy atom. The summed E-state index contributed by atoms with van der Waals surface area (Å²) in [5.41, 5.74) is 0. The minimum absolute atomic E-state index is 0.569. The molecule has 0 aromatic heterocycles. The molecule has 0 amide bonds. The van der Waals surface area contributed by atoms with Gasteiger partial charge in [0.1, 0.15) is 0 Å². The molecule has 0 bridgehead atoms. The second-order valence-electron chi connectivity index (χ2n) is 4.08. The Kier molecular flexibility index (Phi) is 8.01. The van der Waals surface area contributed by atoms with Crippen molar-refractivity contribution in [1.29, 1.82) is 0 Å². The van der Waals surface area contributed by atoms with Crippen LogP contribution in [0.15, 0.2) is 11.8 Å². The van der Waals surface area contributed by atoms with E-state index < -0.39 is 0 Å². The average molecular weight is 228 g/mol. The summed E-state index contributed by atoms with van der Waals surface area (Å²) in [7, 11) is 1.12. The highest BCUT2D eigenvalue weighted by Crippen LogP contribution is 2.13. The van der Waals surface area contributed by atoms with E-state index in [-0.39, 0.29) is 0 Å². The molecule has 0 unspecified atom stereocenters. The largest absolute Gasteiger partial charge is 0.288 e. The van der Waals surface area contributed by atoms with Gasteiger partial charge in [-0.1, -0.05) is 32.9 Å². The standard InChI is InChI=1S/C12H28N2Si/c1-6-13(7-2)12(10-11(5)15)14(8-3)9-4/h12H,5-10H2,1-4,15H3. The van der Waals surface area contributed by atoms with Crippen LogP contribution in [0.1, 0.15) is 34.1 Å². The Morgan fingerprint density at radius 3 is 1.53 bits per heavy atom. The number of nitrogens with zero attached hydrogens (tertiary/aromatic N) is 2. The van der Waals surface area contributed by atoms with Crippen molar-refractivity contribution in [2.24, 2.45) is 0 Å². The smallest absolute Gasteiger partial charge is 0.0655 e. The van der Waals surface area contributed by atoms with Crippen LogP contribution in [0.3, 0.4) is 0 Å². The maximum atomic E-state index is 4.11. The summed E-state index contributed by atoms with van der Waals surface area (Å²) in [6.07, 6.45) is 1.72. The average Bonchev–Trinajstić information content (AvgIpc) is 2.20. The SMILES string of the molecule is C=C([SiH3])CC(N(CC)CC)N(CC)CC. The molecule has 0 saturated carbocycles. The fraction of sp³-hybridized carbons (Fsp3) is 0.833. The number of hydrogen-bond acceptors (Lipinski definition) is 2. The summed E-state index contributed by atoms with van der Waals surface area (Å²) in [6, 6.07) is 0. The van der Waals surface area contributed by atoms with Gasteiger partial charge in [0.05, 0.1) is 6.17 Å². The van der Waals surface area contributed by atoms with Crippen LogP contribution in [0, 0.1) is 0 Å². The topological polar surface area (TPSA) is 6.48 Å². The van der Waals surface area contributed by atoms with Gasteiger partial charge in [-0.3, -0.25) is 9.80 Å². The fourth-order valence-corrected chi connectivity index (χ4v) is 2.46. The molecular weight excluding hydrogens is 200 g/mol. The first-order valence-corrected chi connectivity index (χ1v) is 7.23. The molecular formula is C12H28N2Si. The lowest BCUT2D eigenvalue weighted by Crippen LogP contribution is -2.48. The lowest BCUT2D eigenvalue weighted by Gasteiger charge is -2.38. The number of rotatable bonds is 8. The third-order valence-corrected chi connectivity index (χ3v) is 3.41. The van der Waals surface area contributed by atoms with E-state index in [0.29, 0.717) is 6.17 Å². The summed E-state index contributed by atoms with van der Waals surface area (Å²) in [6.45, 7) is 17.6. The van der Waals surface area contributed by atoms with Crippen molar-refractivity contribution in [1.82, 2.24) is 9.80 Å². The molecule has 15 heavy (non-hydrogen) atoms. The minimum Gasteiger partial charge on any atom is -0.288 e. The van der Waals surface area contributed by atoms with Crippen LogP contribution in [0.25, 0.3) is 0 Å². The molecule has 0 aliphatic rings. The Bertz CT molecular complexity index is 162. The molecule has 3 heteroatoms. The fourth-order valence-electron chi connectivity index (χ4n) is 2.09. The van der Waals surface area contributed by atoms with Crippen molar-refractivity contribution in [2.45, 2.75) is 40.3 Å². The normalized spacial score (nSPS) is 11.9. The second kappa shape index (κ2) is 8.08. The summed E-state index contributed by atoms with van der Waals surface area (Å²) >= 11 is 0. The molecule has 0 aliphatic carbocycles. The zero-order valence-electron chi connectivity index (χ0n) is 11.2. The maximum absolute atomic E-state index is 4.11. The highest BCUT2D eigenvalue weighted by Gasteiger charge is 2.20. The van der Waals surface area contributed by atoms with Gasteiger partial charge in [-0.05, 0) is 32.6 Å². The molecule has 0 heterocycles. The first-order valence-electron chi connectivity index (χ1n) is 6.23. The zero-order chi connectivity index (χ0) is 11.8. The van der Waals surface area contributed by atoms with Gasteiger partial charge in [0.2, 0.25) is 0 Å². The van der Waals surface area contributed by atoms with Gasteiger partial charge in [-0.25, -0.2) is 0 Å². The van der Waals surface area contributed by atoms with E-state index >= 15 is 0 Å². The molecule has 0 aromatic carbocycles. The molecule has 0 saturated heterocycles. The molecule has 0 radical (unpaired) electrons. The third kappa shape index (κ3) is 4.95.